The van der Waals surface area contributed by atoms with E-state index in [1.165, 1.54) is 0 Å². The Labute approximate surface area is 164 Å². The molecule has 7 heteroatoms. The van der Waals surface area contributed by atoms with Gasteiger partial charge in [0.2, 0.25) is 0 Å². The van der Waals surface area contributed by atoms with Crippen LogP contribution in [0.4, 0.5) is 5.69 Å². The molecule has 3 amide bonds. The summed E-state index contributed by atoms with van der Waals surface area (Å²) in [6.45, 7) is 5.60. The summed E-state index contributed by atoms with van der Waals surface area (Å²) in [7, 11) is 0. The fourth-order valence-corrected chi connectivity index (χ4v) is 2.30. The molecule has 0 radical (unpaired) electrons. The maximum absolute atomic E-state index is 12.5. The van der Waals surface area contributed by atoms with Gasteiger partial charge in [-0.1, -0.05) is 19.1 Å². The molecule has 0 atom stereocenters. The third kappa shape index (κ3) is 5.84. The van der Waals surface area contributed by atoms with Crippen molar-refractivity contribution in [3.63, 3.8) is 0 Å². The summed E-state index contributed by atoms with van der Waals surface area (Å²) in [6, 6.07) is 13.1. The normalized spacial score (nSPS) is 10.8. The fraction of sp³-hybridized carbons (Fsp3) is 0.286. The van der Waals surface area contributed by atoms with Crippen molar-refractivity contribution in [3.05, 3.63) is 59.7 Å². The number of nitrogens with one attached hydrogen (secondary N) is 2. The first-order valence-electron chi connectivity index (χ1n) is 8.96. The van der Waals surface area contributed by atoms with E-state index >= 15 is 0 Å². The smallest absolute Gasteiger partial charge is 0.259 e. The van der Waals surface area contributed by atoms with Crippen LogP contribution in [0, 0.1) is 0 Å². The lowest BCUT2D eigenvalue weighted by molar-refractivity contribution is -0.119. The van der Waals surface area contributed by atoms with Crippen LogP contribution in [0.5, 0.6) is 5.75 Å². The van der Waals surface area contributed by atoms with Crippen molar-refractivity contribution in [3.8, 4) is 5.75 Å². The van der Waals surface area contributed by atoms with E-state index in [2.05, 4.69) is 10.6 Å². The third-order valence-corrected chi connectivity index (χ3v) is 4.24. The summed E-state index contributed by atoms with van der Waals surface area (Å²) < 4.78 is 5.28. The zero-order chi connectivity index (χ0) is 20.7. The maximum atomic E-state index is 12.5. The van der Waals surface area contributed by atoms with Crippen molar-refractivity contribution < 1.29 is 19.1 Å². The number of hydrogen-bond acceptors (Lipinski definition) is 4. The van der Waals surface area contributed by atoms with Gasteiger partial charge in [-0.2, -0.15) is 0 Å². The third-order valence-electron chi connectivity index (χ3n) is 4.24. The molecule has 0 aromatic heterocycles. The van der Waals surface area contributed by atoms with Gasteiger partial charge >= 0.3 is 0 Å². The largest absolute Gasteiger partial charge is 0.483 e. The van der Waals surface area contributed by atoms with Gasteiger partial charge in [0.1, 0.15) is 5.75 Å². The highest BCUT2D eigenvalue weighted by Gasteiger charge is 2.19. The van der Waals surface area contributed by atoms with Crippen LogP contribution < -0.4 is 21.1 Å². The monoisotopic (exact) mass is 383 g/mol. The molecule has 0 heterocycles. The number of carbonyl (C=O) groups excluding carboxylic acids is 3. The van der Waals surface area contributed by atoms with Crippen molar-refractivity contribution in [1.29, 1.82) is 0 Å². The number of para-hydroxylation sites is 1. The second-order valence-electron chi connectivity index (χ2n) is 6.97. The second-order valence-corrected chi connectivity index (χ2v) is 6.97. The van der Waals surface area contributed by atoms with Gasteiger partial charge in [-0.05, 0) is 56.7 Å². The standard InChI is InChI=1S/C21H25N3O4/c1-4-21(2,3)24-19(26)14-9-11-15(12-10-14)23-20(27)16-7-5-6-8-17(16)28-13-18(22)25/h5-12H,4,13H2,1-3H3,(H2,22,25)(H,23,27)(H,24,26). The van der Waals surface area contributed by atoms with Crippen LogP contribution >= 0.6 is 0 Å². The highest BCUT2D eigenvalue weighted by Crippen LogP contribution is 2.20. The van der Waals surface area contributed by atoms with Crippen molar-refractivity contribution in [2.75, 3.05) is 11.9 Å². The topological polar surface area (TPSA) is 111 Å². The number of ether oxygens (including phenoxy) is 1. The molecule has 0 saturated carbocycles. The summed E-state index contributed by atoms with van der Waals surface area (Å²) in [4.78, 5) is 35.7. The molecule has 28 heavy (non-hydrogen) atoms. The molecule has 0 fully saturated rings. The summed E-state index contributed by atoms with van der Waals surface area (Å²) >= 11 is 0. The molecule has 2 aromatic carbocycles. The molecule has 7 nitrogen and oxygen atoms in total. The Balaban J connectivity index is 2.07. The van der Waals surface area contributed by atoms with Gasteiger partial charge in [-0.3, -0.25) is 14.4 Å². The predicted molar refractivity (Wildman–Crippen MR) is 107 cm³/mol. The number of anilines is 1. The molecule has 0 aliphatic carbocycles. The highest BCUT2D eigenvalue weighted by molar-refractivity contribution is 6.06. The Morgan fingerprint density at radius 1 is 1.00 bits per heavy atom. The number of carbonyl (C=O) groups is 3. The molecular formula is C21H25N3O4. The first-order chi connectivity index (χ1) is 13.2. The zero-order valence-corrected chi connectivity index (χ0v) is 16.2. The van der Waals surface area contributed by atoms with Gasteiger partial charge in [0.05, 0.1) is 5.56 Å². The van der Waals surface area contributed by atoms with E-state index < -0.39 is 11.8 Å². The van der Waals surface area contributed by atoms with Crippen LogP contribution in [0.25, 0.3) is 0 Å². The summed E-state index contributed by atoms with van der Waals surface area (Å²) in [6.07, 6.45) is 0.810. The van der Waals surface area contributed by atoms with Gasteiger partial charge in [0.15, 0.2) is 6.61 Å². The Morgan fingerprint density at radius 2 is 1.64 bits per heavy atom. The SMILES string of the molecule is CCC(C)(C)NC(=O)c1ccc(NC(=O)c2ccccc2OCC(N)=O)cc1. The lowest BCUT2D eigenvalue weighted by Crippen LogP contribution is -2.42. The molecule has 2 rings (SSSR count). The zero-order valence-electron chi connectivity index (χ0n) is 16.2. The van der Waals surface area contributed by atoms with Gasteiger partial charge in [-0.15, -0.1) is 0 Å². The molecule has 0 aliphatic rings. The van der Waals surface area contributed by atoms with E-state index in [0.717, 1.165) is 6.42 Å². The first kappa shape index (κ1) is 21.0. The number of rotatable bonds is 8. The molecule has 0 aliphatic heterocycles. The molecule has 4 N–H and O–H groups in total. The Bertz CT molecular complexity index is 860. The minimum Gasteiger partial charge on any atom is -0.483 e. The average molecular weight is 383 g/mol. The molecular weight excluding hydrogens is 358 g/mol. The van der Waals surface area contributed by atoms with E-state index in [1.54, 1.807) is 48.5 Å². The minimum absolute atomic E-state index is 0.171. The van der Waals surface area contributed by atoms with Crippen LogP contribution in [0.2, 0.25) is 0 Å². The van der Waals surface area contributed by atoms with E-state index in [4.69, 9.17) is 10.5 Å². The second kappa shape index (κ2) is 9.03. The molecule has 148 valence electrons. The Morgan fingerprint density at radius 3 is 2.25 bits per heavy atom. The van der Waals surface area contributed by atoms with Crippen LogP contribution in [0.3, 0.4) is 0 Å². The van der Waals surface area contributed by atoms with E-state index in [9.17, 15) is 14.4 Å². The van der Waals surface area contributed by atoms with Crippen LogP contribution in [-0.2, 0) is 4.79 Å². The van der Waals surface area contributed by atoms with Gasteiger partial charge < -0.3 is 21.1 Å². The van der Waals surface area contributed by atoms with Crippen LogP contribution in [0.15, 0.2) is 48.5 Å². The molecule has 0 saturated heterocycles. The average Bonchev–Trinajstić information content (AvgIpc) is 2.66. The van der Waals surface area contributed by atoms with Crippen LogP contribution in [-0.4, -0.2) is 29.9 Å². The number of nitrogens with two attached hydrogens (primary N) is 1. The quantitative estimate of drug-likeness (QED) is 0.651. The van der Waals surface area contributed by atoms with Gasteiger partial charge in [-0.25, -0.2) is 0 Å². The van der Waals surface area contributed by atoms with Crippen molar-refractivity contribution in [2.24, 2.45) is 5.73 Å². The lowest BCUT2D eigenvalue weighted by Gasteiger charge is -2.24. The molecule has 0 spiro atoms. The van der Waals surface area contributed by atoms with E-state index in [1.807, 2.05) is 20.8 Å². The van der Waals surface area contributed by atoms with Gasteiger partial charge in [0.25, 0.3) is 17.7 Å². The van der Waals surface area contributed by atoms with Crippen molar-refractivity contribution in [2.45, 2.75) is 32.7 Å². The Hall–Kier alpha value is -3.35. The number of hydrogen-bond donors (Lipinski definition) is 3. The molecule has 0 unspecified atom stereocenters. The van der Waals surface area contributed by atoms with Crippen molar-refractivity contribution in [1.82, 2.24) is 5.32 Å². The minimum atomic E-state index is -0.629. The lowest BCUT2D eigenvalue weighted by atomic mass is 10.0. The summed E-state index contributed by atoms with van der Waals surface area (Å²) in [5, 5.41) is 5.70. The van der Waals surface area contributed by atoms with E-state index in [0.29, 0.717) is 11.3 Å². The van der Waals surface area contributed by atoms with E-state index in [-0.39, 0.29) is 29.4 Å². The summed E-state index contributed by atoms with van der Waals surface area (Å²) in [5.74, 6) is -0.939. The molecule has 2 aromatic rings. The fourth-order valence-electron chi connectivity index (χ4n) is 2.30. The van der Waals surface area contributed by atoms with Gasteiger partial charge in [0, 0.05) is 16.8 Å². The number of benzene rings is 2. The number of primary amides is 1. The summed E-state index contributed by atoms with van der Waals surface area (Å²) in [5.41, 5.74) is 6.09. The first-order valence-corrected chi connectivity index (χ1v) is 8.96. The highest BCUT2D eigenvalue weighted by atomic mass is 16.5. The van der Waals surface area contributed by atoms with Crippen LogP contribution in [0.1, 0.15) is 47.9 Å². The molecule has 0 bridgehead atoms. The van der Waals surface area contributed by atoms with Crippen molar-refractivity contribution >= 4 is 23.4 Å². The Kier molecular flexibility index (Phi) is 6.76. The maximum Gasteiger partial charge on any atom is 0.259 e. The predicted octanol–water partition coefficient (Wildman–Crippen LogP) is 2.72. The number of amides is 3.